The highest BCUT2D eigenvalue weighted by Crippen LogP contribution is 2.54. The summed E-state index contributed by atoms with van der Waals surface area (Å²) in [7, 11) is 0. The summed E-state index contributed by atoms with van der Waals surface area (Å²) < 4.78 is 2.35. The molecule has 1 aliphatic rings. The Morgan fingerprint density at radius 2 is 1.04 bits per heavy atom. The van der Waals surface area contributed by atoms with Crippen molar-refractivity contribution < 1.29 is 0 Å². The summed E-state index contributed by atoms with van der Waals surface area (Å²) >= 11 is 0. The summed E-state index contributed by atoms with van der Waals surface area (Å²) in [6.07, 6.45) is 0. The van der Waals surface area contributed by atoms with E-state index in [1.807, 2.05) is 0 Å². The fourth-order valence-corrected chi connectivity index (χ4v) is 8.29. The molecule has 0 bridgehead atoms. The van der Waals surface area contributed by atoms with Gasteiger partial charge in [0.2, 0.25) is 0 Å². The first-order chi connectivity index (χ1) is 24.6. The van der Waals surface area contributed by atoms with Crippen LogP contribution in [0.2, 0.25) is 0 Å². The van der Waals surface area contributed by atoms with Gasteiger partial charge >= 0.3 is 0 Å². The lowest BCUT2D eigenvalue weighted by atomic mass is 9.79. The number of fused-ring (bicyclic) bond motifs is 8. The van der Waals surface area contributed by atoms with Crippen LogP contribution < -0.4 is 0 Å². The van der Waals surface area contributed by atoms with Crippen LogP contribution in [-0.4, -0.2) is 14.5 Å². The third-order valence-electron chi connectivity index (χ3n) is 10.6. The molecule has 9 aromatic rings. The molecular weight excluding hydrogens is 607 g/mol. The maximum atomic E-state index is 5.38. The topological polar surface area (TPSA) is 30.7 Å². The minimum atomic E-state index is -0.163. The summed E-state index contributed by atoms with van der Waals surface area (Å²) in [6, 6.07) is 58.6. The van der Waals surface area contributed by atoms with E-state index >= 15 is 0 Å². The predicted octanol–water partition coefficient (Wildman–Crippen LogP) is 12.0. The van der Waals surface area contributed by atoms with E-state index in [0.717, 1.165) is 39.6 Å². The largest absolute Gasteiger partial charge is 0.309 e. The van der Waals surface area contributed by atoms with Gasteiger partial charge in [-0.05, 0) is 69.4 Å². The number of nitrogens with zero attached hydrogens (tertiary/aromatic N) is 3. The van der Waals surface area contributed by atoms with E-state index in [-0.39, 0.29) is 5.41 Å². The number of rotatable bonds is 4. The van der Waals surface area contributed by atoms with Gasteiger partial charge in [-0.1, -0.05) is 141 Å². The second-order valence-corrected chi connectivity index (χ2v) is 13.8. The van der Waals surface area contributed by atoms with Gasteiger partial charge in [-0.25, -0.2) is 9.97 Å². The lowest BCUT2D eigenvalue weighted by molar-refractivity contribution is 0.666. The highest BCUT2D eigenvalue weighted by atomic mass is 15.0. The Balaban J connectivity index is 1.19. The van der Waals surface area contributed by atoms with Gasteiger partial charge in [0.1, 0.15) is 0 Å². The van der Waals surface area contributed by atoms with Gasteiger partial charge in [0.25, 0.3) is 0 Å². The molecule has 236 valence electrons. The number of hydrogen-bond acceptors (Lipinski definition) is 2. The second-order valence-electron chi connectivity index (χ2n) is 13.8. The number of benzene rings is 7. The normalized spacial score (nSPS) is 13.2. The summed E-state index contributed by atoms with van der Waals surface area (Å²) in [5.74, 6) is 0.738. The highest BCUT2D eigenvalue weighted by Gasteiger charge is 2.39. The molecule has 10 rings (SSSR count). The summed E-state index contributed by atoms with van der Waals surface area (Å²) in [5, 5.41) is 5.00. The molecule has 2 aromatic heterocycles. The summed E-state index contributed by atoms with van der Waals surface area (Å²) in [6.45, 7) is 4.69. The Bertz CT molecular complexity index is 2720. The minimum Gasteiger partial charge on any atom is -0.309 e. The molecule has 0 unspecified atom stereocenters. The molecule has 0 aliphatic heterocycles. The predicted molar refractivity (Wildman–Crippen MR) is 208 cm³/mol. The quantitative estimate of drug-likeness (QED) is 0.192. The molecule has 0 saturated heterocycles. The molecule has 0 atom stereocenters. The minimum absolute atomic E-state index is 0.163. The Hall–Kier alpha value is -6.32. The lowest BCUT2D eigenvalue weighted by Gasteiger charge is -2.24. The molecule has 7 aromatic carbocycles. The van der Waals surface area contributed by atoms with Crippen molar-refractivity contribution in [2.24, 2.45) is 0 Å². The van der Waals surface area contributed by atoms with Crippen LogP contribution in [0.25, 0.3) is 83.3 Å². The number of hydrogen-bond donors (Lipinski definition) is 0. The smallest absolute Gasteiger partial charge is 0.161 e. The van der Waals surface area contributed by atoms with Crippen molar-refractivity contribution in [2.75, 3.05) is 0 Å². The SMILES string of the molecule is CC1(C)c2ccccc2-c2c(-c3nc(-c4ccccc4)cc(-c4ccc(-n5c6ccccc6c6ccccc65)cc4)n3)cc3ccccc3c21. The van der Waals surface area contributed by atoms with E-state index in [0.29, 0.717) is 0 Å². The molecule has 0 fully saturated rings. The van der Waals surface area contributed by atoms with Gasteiger partial charge in [0, 0.05) is 38.6 Å². The van der Waals surface area contributed by atoms with Crippen LogP contribution >= 0.6 is 0 Å². The van der Waals surface area contributed by atoms with Crippen molar-refractivity contribution >= 4 is 32.6 Å². The first-order valence-corrected chi connectivity index (χ1v) is 17.3. The Labute approximate surface area is 291 Å². The average molecular weight is 640 g/mol. The van der Waals surface area contributed by atoms with Crippen molar-refractivity contribution in [3.63, 3.8) is 0 Å². The van der Waals surface area contributed by atoms with Crippen LogP contribution in [0.15, 0.2) is 164 Å². The van der Waals surface area contributed by atoms with Crippen LogP contribution in [0.5, 0.6) is 0 Å². The monoisotopic (exact) mass is 639 g/mol. The third kappa shape index (κ3) is 4.23. The van der Waals surface area contributed by atoms with E-state index < -0.39 is 0 Å². The summed E-state index contributed by atoms with van der Waals surface area (Å²) in [4.78, 5) is 10.7. The van der Waals surface area contributed by atoms with E-state index in [1.54, 1.807) is 0 Å². The second kappa shape index (κ2) is 10.8. The van der Waals surface area contributed by atoms with Gasteiger partial charge in [0.05, 0.1) is 22.4 Å². The van der Waals surface area contributed by atoms with E-state index in [2.05, 4.69) is 182 Å². The van der Waals surface area contributed by atoms with Crippen molar-refractivity contribution in [1.29, 1.82) is 0 Å². The Morgan fingerprint density at radius 1 is 0.480 bits per heavy atom. The molecule has 0 amide bonds. The fraction of sp³-hybridized carbons (Fsp3) is 0.0638. The first kappa shape index (κ1) is 28.7. The number of aromatic nitrogens is 3. The van der Waals surface area contributed by atoms with Gasteiger partial charge in [-0.15, -0.1) is 0 Å². The molecule has 0 radical (unpaired) electrons. The molecule has 0 spiro atoms. The van der Waals surface area contributed by atoms with Crippen molar-refractivity contribution in [1.82, 2.24) is 14.5 Å². The Kier molecular flexibility index (Phi) is 6.22. The maximum absolute atomic E-state index is 5.38. The highest BCUT2D eigenvalue weighted by molar-refractivity contribution is 6.09. The van der Waals surface area contributed by atoms with Crippen LogP contribution in [0, 0.1) is 0 Å². The van der Waals surface area contributed by atoms with Crippen LogP contribution in [0.1, 0.15) is 25.0 Å². The van der Waals surface area contributed by atoms with Crippen molar-refractivity contribution in [3.8, 4) is 50.7 Å². The van der Waals surface area contributed by atoms with E-state index in [9.17, 15) is 0 Å². The first-order valence-electron chi connectivity index (χ1n) is 17.3. The van der Waals surface area contributed by atoms with E-state index in [1.165, 1.54) is 54.8 Å². The molecule has 0 saturated carbocycles. The van der Waals surface area contributed by atoms with Gasteiger partial charge in [0.15, 0.2) is 5.82 Å². The zero-order valence-corrected chi connectivity index (χ0v) is 27.9. The fourth-order valence-electron chi connectivity index (χ4n) is 8.29. The van der Waals surface area contributed by atoms with Gasteiger partial charge < -0.3 is 4.57 Å². The maximum Gasteiger partial charge on any atom is 0.161 e. The van der Waals surface area contributed by atoms with Crippen LogP contribution in [0.4, 0.5) is 0 Å². The zero-order valence-electron chi connectivity index (χ0n) is 27.9. The zero-order chi connectivity index (χ0) is 33.4. The molecule has 50 heavy (non-hydrogen) atoms. The molecule has 3 nitrogen and oxygen atoms in total. The van der Waals surface area contributed by atoms with Gasteiger partial charge in [-0.2, -0.15) is 0 Å². The third-order valence-corrected chi connectivity index (χ3v) is 10.6. The molecule has 1 aliphatic carbocycles. The molecule has 2 heterocycles. The number of para-hydroxylation sites is 2. The van der Waals surface area contributed by atoms with E-state index in [4.69, 9.17) is 9.97 Å². The molecule has 0 N–H and O–H groups in total. The van der Waals surface area contributed by atoms with Crippen molar-refractivity contribution in [3.05, 3.63) is 175 Å². The summed E-state index contributed by atoms with van der Waals surface area (Å²) in [5.41, 5.74) is 13.5. The molecule has 3 heteroatoms. The Morgan fingerprint density at radius 3 is 1.74 bits per heavy atom. The molecular formula is C47H33N3. The average Bonchev–Trinajstić information content (AvgIpc) is 3.64. The van der Waals surface area contributed by atoms with Crippen LogP contribution in [0.3, 0.4) is 0 Å². The standard InChI is InChI=1S/C47H33N3/c1-47(2)39-21-11-8-20-37(39)44-38(28-32-16-6-7-17-34(32)45(44)47)46-48-40(30-14-4-3-5-15-30)29-41(49-46)31-24-26-33(27-25-31)50-42-22-12-9-18-35(42)36-19-10-13-23-43(36)50/h3-29H,1-2H3. The lowest BCUT2D eigenvalue weighted by Crippen LogP contribution is -2.15. The van der Waals surface area contributed by atoms with Gasteiger partial charge in [-0.3, -0.25) is 0 Å². The van der Waals surface area contributed by atoms with Crippen LogP contribution in [-0.2, 0) is 5.41 Å². The van der Waals surface area contributed by atoms with Crippen molar-refractivity contribution in [2.45, 2.75) is 19.3 Å².